The molecular weight excluding hydrogens is 240 g/mol. The average Bonchev–Trinajstić information content (AvgIpc) is 0.722. The topological polar surface area (TPSA) is 143 Å². The number of hydrogen-bond donors (Lipinski definition) is 0. The zero-order valence-electron chi connectivity index (χ0n) is 3.75. The smallest absolute Gasteiger partial charge is 0.759 e. The predicted octanol–water partition coefficient (Wildman–Crippen LogP) is -2.99. The Labute approximate surface area is 66.3 Å². The molecule has 8 heavy (non-hydrogen) atoms. The molecule has 0 saturated carbocycles. The zero-order chi connectivity index (χ0) is 4.50. The fourth-order valence-electron chi connectivity index (χ4n) is 0. The molecule has 0 fully saturated rings. The standard InChI is InChI=1S/Cd.H2O4S.2H2O/c;1-5(2,3)4;;/h;(H2,1,2,3,4);2*1H2/q+2;;;/p-2. The molecule has 0 aromatic carbocycles. The van der Waals surface area contributed by atoms with E-state index in [1.165, 1.54) is 0 Å². The van der Waals surface area contributed by atoms with Crippen LogP contribution in [-0.4, -0.2) is 28.5 Å². The first-order valence-corrected chi connectivity index (χ1v) is 2.00. The molecule has 8 heteroatoms. The van der Waals surface area contributed by atoms with Gasteiger partial charge in [0, 0.05) is 10.4 Å². The van der Waals surface area contributed by atoms with Crippen molar-refractivity contribution in [3.63, 3.8) is 0 Å². The molecule has 0 radical (unpaired) electrons. The van der Waals surface area contributed by atoms with Gasteiger partial charge in [0.15, 0.2) is 0 Å². The van der Waals surface area contributed by atoms with Crippen LogP contribution in [0, 0.1) is 0 Å². The Bertz CT molecular complexity index is 91.7. The van der Waals surface area contributed by atoms with E-state index in [2.05, 4.69) is 0 Å². The summed E-state index contributed by atoms with van der Waals surface area (Å²) in [5, 5.41) is 0. The Kier molecular flexibility index (Phi) is 22.5. The van der Waals surface area contributed by atoms with Crippen molar-refractivity contribution in [1.29, 1.82) is 0 Å². The van der Waals surface area contributed by atoms with Crippen LogP contribution in [0.2, 0.25) is 0 Å². The molecule has 0 saturated heterocycles. The van der Waals surface area contributed by atoms with Gasteiger partial charge in [0.1, 0.15) is 0 Å². The van der Waals surface area contributed by atoms with Crippen molar-refractivity contribution in [2.24, 2.45) is 0 Å². The molecule has 0 unspecified atom stereocenters. The molecule has 0 aliphatic rings. The molecule has 0 aliphatic carbocycles. The van der Waals surface area contributed by atoms with Crippen molar-refractivity contribution in [1.82, 2.24) is 0 Å². The molecule has 0 spiro atoms. The van der Waals surface area contributed by atoms with Gasteiger partial charge in [0.2, 0.25) is 0 Å². The Balaban J connectivity index is -0.0000000267. The predicted molar refractivity (Wildman–Crippen MR) is 17.7 cm³/mol. The molecule has 0 atom stereocenters. The van der Waals surface area contributed by atoms with Crippen LogP contribution in [-0.2, 0) is 37.7 Å². The molecule has 6 nitrogen and oxygen atoms in total. The van der Waals surface area contributed by atoms with Crippen molar-refractivity contribution in [3.8, 4) is 0 Å². The average molecular weight is 245 g/mol. The Morgan fingerprint density at radius 2 is 1.00 bits per heavy atom. The number of hydrogen-bond acceptors (Lipinski definition) is 4. The molecule has 0 amide bonds. The summed E-state index contributed by atoms with van der Waals surface area (Å²) in [5.74, 6) is 0. The van der Waals surface area contributed by atoms with Gasteiger partial charge in [-0.05, 0) is 0 Å². The van der Waals surface area contributed by atoms with Crippen LogP contribution < -0.4 is 0 Å². The van der Waals surface area contributed by atoms with Crippen molar-refractivity contribution >= 4 is 10.4 Å². The van der Waals surface area contributed by atoms with Crippen LogP contribution in [0.1, 0.15) is 0 Å². The summed E-state index contributed by atoms with van der Waals surface area (Å²) < 4.78 is 34.1. The van der Waals surface area contributed by atoms with Crippen LogP contribution in [0.15, 0.2) is 0 Å². The Morgan fingerprint density at radius 3 is 1.00 bits per heavy atom. The van der Waals surface area contributed by atoms with Gasteiger partial charge in [-0.3, -0.25) is 8.42 Å². The van der Waals surface area contributed by atoms with Crippen molar-refractivity contribution in [3.05, 3.63) is 0 Å². The van der Waals surface area contributed by atoms with E-state index in [0.717, 1.165) is 0 Å². The molecule has 0 heterocycles. The van der Waals surface area contributed by atoms with E-state index in [4.69, 9.17) is 17.5 Å². The molecule has 4 N–H and O–H groups in total. The minimum absolute atomic E-state index is 0. The summed E-state index contributed by atoms with van der Waals surface area (Å²) in [6.07, 6.45) is 0. The van der Waals surface area contributed by atoms with E-state index in [1.807, 2.05) is 0 Å². The van der Waals surface area contributed by atoms with Crippen molar-refractivity contribution in [2.75, 3.05) is 0 Å². The van der Waals surface area contributed by atoms with E-state index < -0.39 is 10.4 Å². The van der Waals surface area contributed by atoms with E-state index in [0.29, 0.717) is 0 Å². The molecule has 0 rings (SSSR count). The third kappa shape index (κ3) is 432. The van der Waals surface area contributed by atoms with E-state index in [-0.39, 0.29) is 38.3 Å². The van der Waals surface area contributed by atoms with Crippen LogP contribution in [0.25, 0.3) is 0 Å². The largest absolute Gasteiger partial charge is 2.00 e. The Hall–Kier alpha value is 0.712. The molecule has 0 bridgehead atoms. The van der Waals surface area contributed by atoms with Gasteiger partial charge in [-0.25, -0.2) is 0 Å². The van der Waals surface area contributed by atoms with Crippen LogP contribution in [0.5, 0.6) is 0 Å². The van der Waals surface area contributed by atoms with Gasteiger partial charge in [-0.15, -0.1) is 0 Å². The first kappa shape index (κ1) is 23.3. The third-order valence-electron chi connectivity index (χ3n) is 0. The minimum Gasteiger partial charge on any atom is -0.759 e. The maximum absolute atomic E-state index is 8.52. The maximum Gasteiger partial charge on any atom is 2.00 e. The minimum atomic E-state index is -5.17. The molecule has 0 aromatic heterocycles. The summed E-state index contributed by atoms with van der Waals surface area (Å²) in [7, 11) is -5.17. The molecule has 0 aliphatic heterocycles. The monoisotopic (exact) mass is 246 g/mol. The number of rotatable bonds is 0. The van der Waals surface area contributed by atoms with E-state index >= 15 is 0 Å². The summed E-state index contributed by atoms with van der Waals surface area (Å²) in [4.78, 5) is 0. The Morgan fingerprint density at radius 1 is 1.00 bits per heavy atom. The summed E-state index contributed by atoms with van der Waals surface area (Å²) >= 11 is 0. The van der Waals surface area contributed by atoms with Crippen LogP contribution in [0.4, 0.5) is 0 Å². The van der Waals surface area contributed by atoms with Crippen LogP contribution in [0.3, 0.4) is 0 Å². The second kappa shape index (κ2) is 7.71. The quantitative estimate of drug-likeness (QED) is 0.254. The van der Waals surface area contributed by atoms with Gasteiger partial charge in [0.05, 0.1) is 0 Å². The second-order valence-electron chi connectivity index (χ2n) is 0.408. The first-order chi connectivity index (χ1) is 2.00. The van der Waals surface area contributed by atoms with Crippen molar-refractivity contribution < 1.29 is 55.8 Å². The van der Waals surface area contributed by atoms with Gasteiger partial charge in [0.25, 0.3) is 0 Å². The summed E-state index contributed by atoms with van der Waals surface area (Å²) in [6.45, 7) is 0. The summed E-state index contributed by atoms with van der Waals surface area (Å²) in [5.41, 5.74) is 0. The second-order valence-corrected chi connectivity index (χ2v) is 1.22. The normalized spacial score (nSPS) is 7.25. The van der Waals surface area contributed by atoms with E-state index in [9.17, 15) is 0 Å². The molecular formula is H4CdO6S. The fourth-order valence-corrected chi connectivity index (χ4v) is 0. The van der Waals surface area contributed by atoms with E-state index in [1.54, 1.807) is 0 Å². The van der Waals surface area contributed by atoms with Crippen molar-refractivity contribution in [2.45, 2.75) is 0 Å². The SMILES string of the molecule is O.O.O=S(=O)([O-])[O-].[Cd+2]. The van der Waals surface area contributed by atoms with Gasteiger partial charge < -0.3 is 20.1 Å². The van der Waals surface area contributed by atoms with Gasteiger partial charge in [-0.2, -0.15) is 0 Å². The maximum atomic E-state index is 8.52. The third-order valence-corrected chi connectivity index (χ3v) is 0. The fraction of sp³-hybridized carbons (Fsp3) is 0. The van der Waals surface area contributed by atoms with Gasteiger partial charge >= 0.3 is 27.3 Å². The van der Waals surface area contributed by atoms with Gasteiger partial charge in [-0.1, -0.05) is 0 Å². The zero-order valence-corrected chi connectivity index (χ0v) is 8.60. The first-order valence-electron chi connectivity index (χ1n) is 0.667. The molecule has 48 valence electrons. The summed E-state index contributed by atoms with van der Waals surface area (Å²) in [6, 6.07) is 0. The van der Waals surface area contributed by atoms with Crippen LogP contribution >= 0.6 is 0 Å². The molecule has 0 aromatic rings.